The summed E-state index contributed by atoms with van der Waals surface area (Å²) in [6, 6.07) is 7.17. The van der Waals surface area contributed by atoms with Crippen molar-refractivity contribution in [2.75, 3.05) is 46.9 Å². The second kappa shape index (κ2) is 15.1. The number of thiol groups is 1. The monoisotopic (exact) mass is 562 g/mol. The second-order valence-electron chi connectivity index (χ2n) is 7.52. The van der Waals surface area contributed by atoms with Crippen LogP contribution in [-0.2, 0) is 28.4 Å². The Morgan fingerprint density at radius 3 is 1.49 bits per heavy atom. The Bertz CT molecular complexity index is 1220. The number of carbonyl (C=O) groups excluding carboxylic acids is 6. The first-order valence-electron chi connectivity index (χ1n) is 11.3. The van der Waals surface area contributed by atoms with Gasteiger partial charge in [-0.3, -0.25) is 0 Å². The average molecular weight is 563 g/mol. The zero-order chi connectivity index (χ0) is 28.9. The van der Waals surface area contributed by atoms with Gasteiger partial charge in [-0.1, -0.05) is 0 Å². The largest absolute Gasteiger partial charge is 0.465 e. The van der Waals surface area contributed by atoms with Crippen LogP contribution >= 0.6 is 12.6 Å². The Kier molecular flexibility index (Phi) is 12.0. The molecule has 0 aliphatic rings. The maximum atomic E-state index is 12.5. The van der Waals surface area contributed by atoms with Gasteiger partial charge in [0.2, 0.25) is 0 Å². The van der Waals surface area contributed by atoms with Crippen molar-refractivity contribution in [1.82, 2.24) is 0 Å². The van der Waals surface area contributed by atoms with Crippen molar-refractivity contribution in [2.45, 2.75) is 6.42 Å². The standard InChI is InChI=1S/C26H26O12S/c1-33-21(27)16-11-17(22(28)34-2)13-18(12-16)24(30)38-9-8-37-23(29)15-5-6-19(20(14-15)25(31)35-3)26(32)36-7-4-10-39/h5-6,11-14,39H,4,7-10H2,1-3H3. The molecule has 2 aromatic carbocycles. The lowest BCUT2D eigenvalue weighted by Gasteiger charge is -2.11. The summed E-state index contributed by atoms with van der Waals surface area (Å²) in [5, 5.41) is 0. The van der Waals surface area contributed by atoms with Gasteiger partial charge in [-0.15, -0.1) is 0 Å². The first-order valence-corrected chi connectivity index (χ1v) is 12.0. The van der Waals surface area contributed by atoms with Gasteiger partial charge in [0.1, 0.15) is 13.2 Å². The van der Waals surface area contributed by atoms with Crippen molar-refractivity contribution in [2.24, 2.45) is 0 Å². The van der Waals surface area contributed by atoms with Crippen LogP contribution in [0.1, 0.15) is 68.6 Å². The summed E-state index contributed by atoms with van der Waals surface area (Å²) in [5.41, 5.74) is -0.636. The molecule has 13 heteroatoms. The summed E-state index contributed by atoms with van der Waals surface area (Å²) in [5.74, 6) is -4.47. The predicted molar refractivity (Wildman–Crippen MR) is 136 cm³/mol. The van der Waals surface area contributed by atoms with E-state index in [1.54, 1.807) is 0 Å². The lowest BCUT2D eigenvalue weighted by molar-refractivity contribution is 0.0265. The van der Waals surface area contributed by atoms with Crippen LogP contribution in [-0.4, -0.2) is 82.7 Å². The quantitative estimate of drug-likeness (QED) is 0.175. The molecule has 0 N–H and O–H groups in total. The Morgan fingerprint density at radius 2 is 1.00 bits per heavy atom. The van der Waals surface area contributed by atoms with Crippen LogP contribution < -0.4 is 0 Å². The van der Waals surface area contributed by atoms with E-state index in [1.165, 1.54) is 30.3 Å². The van der Waals surface area contributed by atoms with Gasteiger partial charge < -0.3 is 28.4 Å². The third-order valence-electron chi connectivity index (χ3n) is 4.98. The zero-order valence-electron chi connectivity index (χ0n) is 21.3. The van der Waals surface area contributed by atoms with E-state index in [-0.39, 0.29) is 53.2 Å². The number of esters is 6. The fourth-order valence-electron chi connectivity index (χ4n) is 3.09. The molecule has 0 aliphatic carbocycles. The third kappa shape index (κ3) is 8.57. The summed E-state index contributed by atoms with van der Waals surface area (Å²) in [6.45, 7) is -0.644. The van der Waals surface area contributed by atoms with Crippen molar-refractivity contribution in [3.05, 3.63) is 69.8 Å². The highest BCUT2D eigenvalue weighted by atomic mass is 32.1. The molecule has 0 aliphatic heterocycles. The molecule has 2 aromatic rings. The van der Waals surface area contributed by atoms with Gasteiger partial charge >= 0.3 is 35.8 Å². The Balaban J connectivity index is 2.06. The van der Waals surface area contributed by atoms with E-state index < -0.39 is 35.8 Å². The third-order valence-corrected chi connectivity index (χ3v) is 5.29. The minimum Gasteiger partial charge on any atom is -0.465 e. The number of hydrogen-bond acceptors (Lipinski definition) is 13. The molecular weight excluding hydrogens is 536 g/mol. The van der Waals surface area contributed by atoms with Gasteiger partial charge in [0.05, 0.1) is 61.3 Å². The molecule has 0 radical (unpaired) electrons. The van der Waals surface area contributed by atoms with Gasteiger partial charge in [-0.05, 0) is 48.6 Å². The van der Waals surface area contributed by atoms with Gasteiger partial charge in [0.15, 0.2) is 0 Å². The Hall–Kier alpha value is -4.39. The zero-order valence-corrected chi connectivity index (χ0v) is 22.2. The van der Waals surface area contributed by atoms with Gasteiger partial charge in [0, 0.05) is 0 Å². The number of benzene rings is 2. The van der Waals surface area contributed by atoms with Crippen LogP contribution in [0.2, 0.25) is 0 Å². The molecule has 0 saturated carbocycles. The number of rotatable bonds is 12. The van der Waals surface area contributed by atoms with Gasteiger partial charge in [-0.2, -0.15) is 12.6 Å². The topological polar surface area (TPSA) is 158 Å². The molecule has 2 rings (SSSR count). The van der Waals surface area contributed by atoms with Crippen LogP contribution in [0, 0.1) is 0 Å². The SMILES string of the molecule is COC(=O)c1cc(C(=O)OC)cc(C(=O)OCCOC(=O)c2ccc(C(=O)OCCCS)c(C(=O)OC)c2)c1. The fourth-order valence-corrected chi connectivity index (χ4v) is 3.22. The summed E-state index contributed by atoms with van der Waals surface area (Å²) in [7, 11) is 3.39. The number of carbonyl (C=O) groups is 6. The lowest BCUT2D eigenvalue weighted by Crippen LogP contribution is -2.17. The first kappa shape index (κ1) is 30.8. The van der Waals surface area contributed by atoms with E-state index in [2.05, 4.69) is 26.8 Å². The van der Waals surface area contributed by atoms with Crippen molar-refractivity contribution in [3.63, 3.8) is 0 Å². The maximum Gasteiger partial charge on any atom is 0.339 e. The molecule has 0 fully saturated rings. The molecular formula is C26H26O12S. The van der Waals surface area contributed by atoms with Crippen LogP contribution in [0.25, 0.3) is 0 Å². The van der Waals surface area contributed by atoms with Gasteiger partial charge in [-0.25, -0.2) is 28.8 Å². The molecule has 208 valence electrons. The molecule has 39 heavy (non-hydrogen) atoms. The van der Waals surface area contributed by atoms with Crippen molar-refractivity contribution < 1.29 is 57.2 Å². The summed E-state index contributed by atoms with van der Waals surface area (Å²) < 4.78 is 29.2. The van der Waals surface area contributed by atoms with E-state index in [0.717, 1.165) is 27.4 Å². The molecule has 12 nitrogen and oxygen atoms in total. The Labute approximate surface area is 228 Å². The van der Waals surface area contributed by atoms with Crippen molar-refractivity contribution in [3.8, 4) is 0 Å². The van der Waals surface area contributed by atoms with Crippen LogP contribution in [0.15, 0.2) is 36.4 Å². The van der Waals surface area contributed by atoms with Crippen LogP contribution in [0.5, 0.6) is 0 Å². The number of methoxy groups -OCH3 is 3. The average Bonchev–Trinajstić information content (AvgIpc) is 2.97. The molecule has 0 bridgehead atoms. The molecule has 0 unspecified atom stereocenters. The molecule has 0 saturated heterocycles. The summed E-state index contributed by atoms with van der Waals surface area (Å²) in [4.78, 5) is 73.2. The minimum atomic E-state index is -0.907. The predicted octanol–water partition coefficient (Wildman–Crippen LogP) is 2.54. The lowest BCUT2D eigenvalue weighted by atomic mass is 10.0. The number of ether oxygens (including phenoxy) is 6. The van der Waals surface area contributed by atoms with Crippen LogP contribution in [0.3, 0.4) is 0 Å². The Morgan fingerprint density at radius 1 is 0.538 bits per heavy atom. The highest BCUT2D eigenvalue weighted by Gasteiger charge is 2.22. The van der Waals surface area contributed by atoms with Crippen LogP contribution in [0.4, 0.5) is 0 Å². The molecule has 0 amide bonds. The van der Waals surface area contributed by atoms with Crippen molar-refractivity contribution >= 4 is 48.4 Å². The van der Waals surface area contributed by atoms with E-state index in [9.17, 15) is 28.8 Å². The van der Waals surface area contributed by atoms with E-state index >= 15 is 0 Å². The molecule has 0 aromatic heterocycles. The second-order valence-corrected chi connectivity index (χ2v) is 7.97. The molecule has 0 atom stereocenters. The first-order chi connectivity index (χ1) is 18.7. The normalized spacial score (nSPS) is 10.2. The van der Waals surface area contributed by atoms with Gasteiger partial charge in [0.25, 0.3) is 0 Å². The van der Waals surface area contributed by atoms with E-state index in [0.29, 0.717) is 12.2 Å². The fraction of sp³-hybridized carbons (Fsp3) is 0.308. The summed E-state index contributed by atoms with van der Waals surface area (Å²) in [6.07, 6.45) is 0.514. The molecule has 0 heterocycles. The highest BCUT2D eigenvalue weighted by Crippen LogP contribution is 2.17. The molecule has 0 spiro atoms. The minimum absolute atomic E-state index is 0.0675. The smallest absolute Gasteiger partial charge is 0.339 e. The van der Waals surface area contributed by atoms with E-state index in [4.69, 9.17) is 14.2 Å². The summed E-state index contributed by atoms with van der Waals surface area (Å²) >= 11 is 4.03. The maximum absolute atomic E-state index is 12.5. The highest BCUT2D eigenvalue weighted by molar-refractivity contribution is 7.80. The van der Waals surface area contributed by atoms with E-state index in [1.807, 2.05) is 0 Å². The number of hydrogen-bond donors (Lipinski definition) is 1. The van der Waals surface area contributed by atoms with Crippen molar-refractivity contribution in [1.29, 1.82) is 0 Å².